The zero-order chi connectivity index (χ0) is 12.5. The molecule has 0 amide bonds. The summed E-state index contributed by atoms with van der Waals surface area (Å²) in [6, 6.07) is 10.2. The van der Waals surface area contributed by atoms with Crippen molar-refractivity contribution in [1.29, 1.82) is 0 Å². The van der Waals surface area contributed by atoms with E-state index in [-0.39, 0.29) is 6.10 Å². The fourth-order valence-corrected chi connectivity index (χ4v) is 1.75. The molecular formula is C14H22O3. The van der Waals surface area contributed by atoms with Crippen LogP contribution in [0.4, 0.5) is 0 Å². The molecule has 0 atom stereocenters. The van der Waals surface area contributed by atoms with Gasteiger partial charge in [-0.25, -0.2) is 0 Å². The molecule has 96 valence electrons. The van der Waals surface area contributed by atoms with Crippen LogP contribution in [0.3, 0.4) is 0 Å². The van der Waals surface area contributed by atoms with Gasteiger partial charge in [-0.3, -0.25) is 0 Å². The first-order valence-electron chi connectivity index (χ1n) is 5.96. The third kappa shape index (κ3) is 5.82. The molecule has 1 aromatic carbocycles. The molecule has 0 aromatic heterocycles. The van der Waals surface area contributed by atoms with E-state index in [0.717, 1.165) is 19.4 Å². The van der Waals surface area contributed by atoms with Crippen LogP contribution in [0.1, 0.15) is 18.4 Å². The molecule has 3 heteroatoms. The fraction of sp³-hybridized carbons (Fsp3) is 0.571. The number of rotatable bonds is 4. The van der Waals surface area contributed by atoms with E-state index < -0.39 is 0 Å². The Balaban J connectivity index is 0.000000437. The summed E-state index contributed by atoms with van der Waals surface area (Å²) in [5.41, 5.74) is 1.22. The van der Waals surface area contributed by atoms with Gasteiger partial charge < -0.3 is 14.6 Å². The van der Waals surface area contributed by atoms with E-state index >= 15 is 0 Å². The summed E-state index contributed by atoms with van der Waals surface area (Å²) in [4.78, 5) is 0. The summed E-state index contributed by atoms with van der Waals surface area (Å²) >= 11 is 0. The molecule has 1 aliphatic carbocycles. The molecule has 0 saturated heterocycles. The summed E-state index contributed by atoms with van der Waals surface area (Å²) < 4.78 is 9.81. The van der Waals surface area contributed by atoms with Crippen LogP contribution in [0, 0.1) is 5.92 Å². The van der Waals surface area contributed by atoms with Crippen molar-refractivity contribution in [2.24, 2.45) is 5.92 Å². The third-order valence-corrected chi connectivity index (χ3v) is 2.68. The standard InChI is InChI=1S/C12H16O2.C2H6O/c13-12-6-11(7-12)9-14-8-10-4-2-1-3-5-10;1-3-2/h1-5,11-13H,6-9H2;1-2H3. The van der Waals surface area contributed by atoms with Gasteiger partial charge in [0.1, 0.15) is 0 Å². The number of benzene rings is 1. The average Bonchev–Trinajstić information content (AvgIpc) is 2.29. The molecule has 3 nitrogen and oxygen atoms in total. The van der Waals surface area contributed by atoms with Crippen LogP contribution < -0.4 is 0 Å². The van der Waals surface area contributed by atoms with Gasteiger partial charge in [-0.2, -0.15) is 0 Å². The van der Waals surface area contributed by atoms with Gasteiger partial charge in [0.2, 0.25) is 0 Å². The fourth-order valence-electron chi connectivity index (χ4n) is 1.75. The van der Waals surface area contributed by atoms with Gasteiger partial charge in [0.05, 0.1) is 19.3 Å². The molecule has 0 heterocycles. The number of aliphatic hydroxyl groups excluding tert-OH is 1. The summed E-state index contributed by atoms with van der Waals surface area (Å²) in [6.45, 7) is 1.47. The monoisotopic (exact) mass is 238 g/mol. The lowest BCUT2D eigenvalue weighted by molar-refractivity contribution is -0.0145. The lowest BCUT2D eigenvalue weighted by Crippen LogP contribution is -2.31. The number of hydrogen-bond donors (Lipinski definition) is 1. The first-order valence-corrected chi connectivity index (χ1v) is 5.96. The van der Waals surface area contributed by atoms with E-state index in [1.807, 2.05) is 18.2 Å². The van der Waals surface area contributed by atoms with Gasteiger partial charge in [-0.15, -0.1) is 0 Å². The molecule has 1 fully saturated rings. The Bertz CT molecular complexity index is 281. The molecule has 1 saturated carbocycles. The van der Waals surface area contributed by atoms with Crippen molar-refractivity contribution < 1.29 is 14.6 Å². The van der Waals surface area contributed by atoms with E-state index in [4.69, 9.17) is 9.84 Å². The molecule has 2 rings (SSSR count). The zero-order valence-corrected chi connectivity index (χ0v) is 10.6. The molecule has 1 aromatic rings. The third-order valence-electron chi connectivity index (χ3n) is 2.68. The highest BCUT2D eigenvalue weighted by Gasteiger charge is 2.26. The summed E-state index contributed by atoms with van der Waals surface area (Å²) in [5, 5.41) is 9.08. The van der Waals surface area contributed by atoms with Crippen LogP contribution in [0.15, 0.2) is 30.3 Å². The van der Waals surface area contributed by atoms with Crippen LogP contribution in [0.2, 0.25) is 0 Å². The normalized spacial score (nSPS) is 22.3. The van der Waals surface area contributed by atoms with Gasteiger partial charge in [0, 0.05) is 14.2 Å². The van der Waals surface area contributed by atoms with Crippen molar-refractivity contribution >= 4 is 0 Å². The van der Waals surface area contributed by atoms with Crippen LogP contribution in [0.25, 0.3) is 0 Å². The average molecular weight is 238 g/mol. The Morgan fingerprint density at radius 3 is 2.29 bits per heavy atom. The van der Waals surface area contributed by atoms with E-state index in [0.29, 0.717) is 12.5 Å². The number of hydrogen-bond acceptors (Lipinski definition) is 3. The number of ether oxygens (including phenoxy) is 2. The van der Waals surface area contributed by atoms with Crippen molar-refractivity contribution in [1.82, 2.24) is 0 Å². The van der Waals surface area contributed by atoms with E-state index in [2.05, 4.69) is 16.9 Å². The van der Waals surface area contributed by atoms with E-state index in [9.17, 15) is 0 Å². The molecule has 0 unspecified atom stereocenters. The molecule has 17 heavy (non-hydrogen) atoms. The van der Waals surface area contributed by atoms with Gasteiger partial charge in [-0.05, 0) is 24.3 Å². The van der Waals surface area contributed by atoms with Crippen LogP contribution in [0.5, 0.6) is 0 Å². The molecular weight excluding hydrogens is 216 g/mol. The lowest BCUT2D eigenvalue weighted by atomic mass is 9.83. The predicted molar refractivity (Wildman–Crippen MR) is 67.8 cm³/mol. The molecule has 0 spiro atoms. The van der Waals surface area contributed by atoms with Gasteiger partial charge in [0.15, 0.2) is 0 Å². The van der Waals surface area contributed by atoms with Crippen molar-refractivity contribution in [3.63, 3.8) is 0 Å². The summed E-state index contributed by atoms with van der Waals surface area (Å²) in [6.07, 6.45) is 1.75. The van der Waals surface area contributed by atoms with Crippen LogP contribution in [-0.4, -0.2) is 32.0 Å². The Morgan fingerprint density at radius 2 is 1.76 bits per heavy atom. The molecule has 0 bridgehead atoms. The van der Waals surface area contributed by atoms with Crippen molar-refractivity contribution in [3.8, 4) is 0 Å². The number of methoxy groups -OCH3 is 1. The SMILES string of the molecule is COC.OC1CC(COCc2ccccc2)C1. The maximum absolute atomic E-state index is 9.08. The second kappa shape index (κ2) is 8.23. The minimum Gasteiger partial charge on any atom is -0.393 e. The largest absolute Gasteiger partial charge is 0.393 e. The van der Waals surface area contributed by atoms with Crippen LogP contribution in [-0.2, 0) is 16.1 Å². The second-order valence-electron chi connectivity index (χ2n) is 4.40. The topological polar surface area (TPSA) is 38.7 Å². The minimum atomic E-state index is -0.0691. The predicted octanol–water partition coefficient (Wildman–Crippen LogP) is 2.24. The van der Waals surface area contributed by atoms with Crippen LogP contribution >= 0.6 is 0 Å². The summed E-state index contributed by atoms with van der Waals surface area (Å²) in [7, 11) is 3.25. The van der Waals surface area contributed by atoms with Gasteiger partial charge in [-0.1, -0.05) is 30.3 Å². The van der Waals surface area contributed by atoms with Gasteiger partial charge in [0.25, 0.3) is 0 Å². The highest BCUT2D eigenvalue weighted by molar-refractivity contribution is 5.13. The Hall–Kier alpha value is -0.900. The van der Waals surface area contributed by atoms with E-state index in [1.54, 1.807) is 14.2 Å². The Labute approximate surface area is 103 Å². The molecule has 0 radical (unpaired) electrons. The smallest absolute Gasteiger partial charge is 0.0717 e. The van der Waals surface area contributed by atoms with Crippen molar-refractivity contribution in [2.45, 2.75) is 25.6 Å². The lowest BCUT2D eigenvalue weighted by Gasteiger charge is -2.30. The molecule has 1 N–H and O–H groups in total. The second-order valence-corrected chi connectivity index (χ2v) is 4.40. The first kappa shape index (κ1) is 14.2. The molecule has 0 aliphatic heterocycles. The molecule has 1 aliphatic rings. The van der Waals surface area contributed by atoms with E-state index in [1.165, 1.54) is 5.56 Å². The Kier molecular flexibility index (Phi) is 6.86. The minimum absolute atomic E-state index is 0.0691. The number of aliphatic hydroxyl groups is 1. The summed E-state index contributed by atoms with van der Waals surface area (Å²) in [5.74, 6) is 0.578. The van der Waals surface area contributed by atoms with Crippen molar-refractivity contribution in [3.05, 3.63) is 35.9 Å². The maximum atomic E-state index is 9.08. The van der Waals surface area contributed by atoms with Gasteiger partial charge >= 0.3 is 0 Å². The maximum Gasteiger partial charge on any atom is 0.0717 e. The zero-order valence-electron chi connectivity index (χ0n) is 10.6. The quantitative estimate of drug-likeness (QED) is 0.874. The van der Waals surface area contributed by atoms with Crippen molar-refractivity contribution in [2.75, 3.05) is 20.8 Å². The highest BCUT2D eigenvalue weighted by Crippen LogP contribution is 2.27. The highest BCUT2D eigenvalue weighted by atomic mass is 16.5. The Morgan fingerprint density at radius 1 is 1.18 bits per heavy atom. The first-order chi connectivity index (χ1) is 8.26.